The summed E-state index contributed by atoms with van der Waals surface area (Å²) >= 11 is 0. The predicted octanol–water partition coefficient (Wildman–Crippen LogP) is 2.06. The second kappa shape index (κ2) is 3.43. The van der Waals surface area contributed by atoms with Crippen molar-refractivity contribution in [2.75, 3.05) is 13.2 Å². The van der Waals surface area contributed by atoms with Crippen molar-refractivity contribution >= 4 is 0 Å². The second-order valence-electron chi connectivity index (χ2n) is 3.69. The lowest BCUT2D eigenvalue weighted by molar-refractivity contribution is -0.187. The van der Waals surface area contributed by atoms with Crippen LogP contribution in [0.2, 0.25) is 0 Å². The molecule has 0 atom stereocenters. The summed E-state index contributed by atoms with van der Waals surface area (Å²) in [6.07, 6.45) is -4.76. The lowest BCUT2D eigenvalue weighted by Crippen LogP contribution is -2.47. The van der Waals surface area contributed by atoms with Crippen LogP contribution in [0.4, 0.5) is 17.6 Å². The molecule has 0 spiro atoms. The molecule has 1 saturated heterocycles. The first-order valence-corrected chi connectivity index (χ1v) is 4.51. The maximum Gasteiger partial charge on any atom is 0.419 e. The highest BCUT2D eigenvalue weighted by Crippen LogP contribution is 2.37. The summed E-state index contributed by atoms with van der Waals surface area (Å²) < 4.78 is 55.4. The van der Waals surface area contributed by atoms with E-state index in [1.165, 1.54) is 0 Å². The summed E-state index contributed by atoms with van der Waals surface area (Å²) in [4.78, 5) is 0. The number of aliphatic hydroxyl groups is 1. The van der Waals surface area contributed by atoms with Gasteiger partial charge in [-0.25, -0.2) is 4.39 Å². The van der Waals surface area contributed by atoms with Gasteiger partial charge < -0.3 is 9.84 Å². The third-order valence-corrected chi connectivity index (χ3v) is 2.49. The van der Waals surface area contributed by atoms with Crippen molar-refractivity contribution in [2.24, 2.45) is 0 Å². The van der Waals surface area contributed by atoms with Crippen molar-refractivity contribution in [2.45, 2.75) is 11.8 Å². The van der Waals surface area contributed by atoms with Crippen LogP contribution >= 0.6 is 0 Å². The van der Waals surface area contributed by atoms with Gasteiger partial charge in [0.2, 0.25) is 0 Å². The van der Waals surface area contributed by atoms with E-state index in [0.717, 1.165) is 12.1 Å². The van der Waals surface area contributed by atoms with Crippen LogP contribution in [0.15, 0.2) is 18.2 Å². The smallest absolute Gasteiger partial charge is 0.380 e. The van der Waals surface area contributed by atoms with E-state index in [1.807, 2.05) is 0 Å². The Morgan fingerprint density at radius 3 is 2.31 bits per heavy atom. The van der Waals surface area contributed by atoms with Gasteiger partial charge in [-0.05, 0) is 6.07 Å². The Bertz CT molecular complexity index is 410. The number of alkyl halides is 3. The number of benzene rings is 1. The van der Waals surface area contributed by atoms with Crippen molar-refractivity contribution < 1.29 is 27.4 Å². The molecule has 0 saturated carbocycles. The van der Waals surface area contributed by atoms with Gasteiger partial charge in [-0.15, -0.1) is 0 Å². The lowest BCUT2D eigenvalue weighted by Gasteiger charge is -2.37. The van der Waals surface area contributed by atoms with Gasteiger partial charge in [0.05, 0.1) is 18.8 Å². The van der Waals surface area contributed by atoms with E-state index in [4.69, 9.17) is 0 Å². The molecule has 1 aliphatic rings. The van der Waals surface area contributed by atoms with Crippen molar-refractivity contribution in [3.8, 4) is 0 Å². The number of hydrogen-bond donors (Lipinski definition) is 1. The number of hydrogen-bond acceptors (Lipinski definition) is 2. The van der Waals surface area contributed by atoms with Crippen molar-refractivity contribution in [1.29, 1.82) is 0 Å². The molecule has 0 bridgehead atoms. The molecular formula is C10H8F4O2. The van der Waals surface area contributed by atoms with Crippen molar-refractivity contribution in [1.82, 2.24) is 0 Å². The first kappa shape index (κ1) is 11.3. The van der Waals surface area contributed by atoms with E-state index in [1.54, 1.807) is 0 Å². The minimum Gasteiger partial charge on any atom is -0.380 e. The average Bonchev–Trinajstić information content (AvgIpc) is 2.13. The fourth-order valence-corrected chi connectivity index (χ4v) is 1.56. The maximum atomic E-state index is 13.5. The van der Waals surface area contributed by atoms with E-state index < -0.39 is 23.2 Å². The molecule has 1 N–H and O–H groups in total. The van der Waals surface area contributed by atoms with E-state index in [9.17, 15) is 22.7 Å². The van der Waals surface area contributed by atoms with Crippen LogP contribution in [-0.2, 0) is 16.5 Å². The van der Waals surface area contributed by atoms with Gasteiger partial charge in [0.1, 0.15) is 11.4 Å². The third kappa shape index (κ3) is 1.68. The first-order chi connectivity index (χ1) is 7.34. The molecule has 1 aromatic rings. The molecule has 2 nitrogen and oxygen atoms in total. The number of rotatable bonds is 1. The van der Waals surface area contributed by atoms with Gasteiger partial charge in [-0.2, -0.15) is 13.2 Å². The topological polar surface area (TPSA) is 29.5 Å². The molecule has 88 valence electrons. The molecule has 1 aliphatic heterocycles. The maximum absolute atomic E-state index is 13.5. The molecule has 0 unspecified atom stereocenters. The van der Waals surface area contributed by atoms with E-state index in [0.29, 0.717) is 6.07 Å². The van der Waals surface area contributed by atoms with Gasteiger partial charge in [0.15, 0.2) is 0 Å². The summed E-state index contributed by atoms with van der Waals surface area (Å²) in [7, 11) is 0. The largest absolute Gasteiger partial charge is 0.419 e. The van der Waals surface area contributed by atoms with Crippen molar-refractivity contribution in [3.63, 3.8) is 0 Å². The van der Waals surface area contributed by atoms with E-state index >= 15 is 0 Å². The Kier molecular flexibility index (Phi) is 2.43. The SMILES string of the molecule is OC1(c2cccc(C(F)(F)F)c2F)COC1. The van der Waals surface area contributed by atoms with Crippen LogP contribution in [-0.4, -0.2) is 18.3 Å². The lowest BCUT2D eigenvalue weighted by atomic mass is 9.90. The number of halogens is 4. The summed E-state index contributed by atoms with van der Waals surface area (Å²) in [5, 5.41) is 9.72. The summed E-state index contributed by atoms with van der Waals surface area (Å²) in [5.41, 5.74) is -3.37. The molecule has 1 aromatic carbocycles. The van der Waals surface area contributed by atoms with Crippen LogP contribution in [0.1, 0.15) is 11.1 Å². The Balaban J connectivity index is 2.49. The van der Waals surface area contributed by atoms with E-state index in [2.05, 4.69) is 4.74 Å². The van der Waals surface area contributed by atoms with E-state index in [-0.39, 0.29) is 18.8 Å². The standard InChI is InChI=1S/C10H8F4O2/c11-8-6(9(15)4-16-5-9)2-1-3-7(8)10(12,13)14/h1-3,15H,4-5H2. The molecule has 1 fully saturated rings. The Hall–Kier alpha value is -1.14. The summed E-state index contributed by atoms with van der Waals surface area (Å²) in [5.74, 6) is -1.43. The van der Waals surface area contributed by atoms with Gasteiger partial charge in [0, 0.05) is 5.56 Å². The molecule has 0 radical (unpaired) electrons. The summed E-state index contributed by atoms with van der Waals surface area (Å²) in [6.45, 7) is -0.379. The molecule has 16 heavy (non-hydrogen) atoms. The summed E-state index contributed by atoms with van der Waals surface area (Å²) in [6, 6.07) is 2.84. The minimum absolute atomic E-state index is 0.189. The Morgan fingerprint density at radius 1 is 1.25 bits per heavy atom. The van der Waals surface area contributed by atoms with Crippen LogP contribution in [0.5, 0.6) is 0 Å². The highest BCUT2D eigenvalue weighted by Gasteiger charge is 2.43. The van der Waals surface area contributed by atoms with Gasteiger partial charge in [-0.1, -0.05) is 12.1 Å². The fraction of sp³-hybridized carbons (Fsp3) is 0.400. The van der Waals surface area contributed by atoms with Crippen LogP contribution < -0.4 is 0 Å². The van der Waals surface area contributed by atoms with Gasteiger partial charge in [-0.3, -0.25) is 0 Å². The second-order valence-corrected chi connectivity index (χ2v) is 3.69. The first-order valence-electron chi connectivity index (χ1n) is 4.51. The number of ether oxygens (including phenoxy) is 1. The molecule has 2 rings (SSSR count). The Morgan fingerprint density at radius 2 is 1.88 bits per heavy atom. The Labute approximate surface area is 88.5 Å². The highest BCUT2D eigenvalue weighted by molar-refractivity contribution is 5.33. The fourth-order valence-electron chi connectivity index (χ4n) is 1.56. The normalized spacial score (nSPS) is 19.3. The van der Waals surface area contributed by atoms with Gasteiger partial charge >= 0.3 is 6.18 Å². The average molecular weight is 236 g/mol. The highest BCUT2D eigenvalue weighted by atomic mass is 19.4. The monoisotopic (exact) mass is 236 g/mol. The quantitative estimate of drug-likeness (QED) is 0.756. The zero-order valence-corrected chi connectivity index (χ0v) is 8.01. The predicted molar refractivity (Wildman–Crippen MR) is 46.1 cm³/mol. The minimum atomic E-state index is -4.76. The van der Waals surface area contributed by atoms with Crippen LogP contribution in [0.25, 0.3) is 0 Å². The molecule has 1 heterocycles. The zero-order chi connectivity index (χ0) is 12.0. The molecule has 0 aliphatic carbocycles. The van der Waals surface area contributed by atoms with Crippen molar-refractivity contribution in [3.05, 3.63) is 35.1 Å². The van der Waals surface area contributed by atoms with Gasteiger partial charge in [0.25, 0.3) is 0 Å². The molecule has 6 heteroatoms. The van der Waals surface area contributed by atoms with Crippen LogP contribution in [0.3, 0.4) is 0 Å². The van der Waals surface area contributed by atoms with Crippen LogP contribution in [0, 0.1) is 5.82 Å². The molecule has 0 amide bonds. The zero-order valence-electron chi connectivity index (χ0n) is 8.01. The third-order valence-electron chi connectivity index (χ3n) is 2.49. The molecule has 0 aromatic heterocycles. The molecular weight excluding hydrogens is 228 g/mol.